The molecule has 1 aromatic heterocycles. The zero-order chi connectivity index (χ0) is 7.56. The van der Waals surface area contributed by atoms with E-state index in [1.54, 1.807) is 18.5 Å². The maximum absolute atomic E-state index is 9.14. The fourth-order valence-corrected chi connectivity index (χ4v) is 0.658. The van der Waals surface area contributed by atoms with E-state index in [1.807, 2.05) is 0 Å². The summed E-state index contributed by atoms with van der Waals surface area (Å²) in [5.74, 6) is 0. The van der Waals surface area contributed by atoms with Gasteiger partial charge in [0.2, 0.25) is 0 Å². The number of aromatic nitrogens is 2. The summed E-state index contributed by atoms with van der Waals surface area (Å²) in [6.07, 6.45) is 1.41. The number of hydrogen-bond donors (Lipinski definition) is 2. The van der Waals surface area contributed by atoms with Crippen molar-refractivity contribution in [3.05, 3.63) is 18.5 Å². The standard InChI is InChI=1S/C6H10N2O2/c1-5(9)6(10)8-4-2-3-7-8/h2-6,9-10H,1H3. The van der Waals surface area contributed by atoms with Crippen molar-refractivity contribution in [3.8, 4) is 0 Å². The lowest BCUT2D eigenvalue weighted by atomic mass is 10.4. The number of aliphatic hydroxyl groups is 2. The van der Waals surface area contributed by atoms with Crippen LogP contribution in [0.4, 0.5) is 0 Å². The van der Waals surface area contributed by atoms with Crippen LogP contribution in [0.3, 0.4) is 0 Å². The lowest BCUT2D eigenvalue weighted by Crippen LogP contribution is -2.20. The monoisotopic (exact) mass is 142 g/mol. The third-order valence-corrected chi connectivity index (χ3v) is 1.23. The van der Waals surface area contributed by atoms with Gasteiger partial charge in [0, 0.05) is 12.4 Å². The highest BCUT2D eigenvalue weighted by Crippen LogP contribution is 2.04. The second-order valence-electron chi connectivity index (χ2n) is 2.14. The van der Waals surface area contributed by atoms with E-state index >= 15 is 0 Å². The van der Waals surface area contributed by atoms with E-state index in [1.165, 1.54) is 11.6 Å². The molecule has 0 saturated carbocycles. The van der Waals surface area contributed by atoms with Gasteiger partial charge in [0.05, 0.1) is 6.10 Å². The zero-order valence-corrected chi connectivity index (χ0v) is 5.68. The van der Waals surface area contributed by atoms with Crippen LogP contribution >= 0.6 is 0 Å². The predicted molar refractivity (Wildman–Crippen MR) is 35.2 cm³/mol. The van der Waals surface area contributed by atoms with Crippen LogP contribution in [-0.4, -0.2) is 26.1 Å². The topological polar surface area (TPSA) is 58.3 Å². The molecule has 2 atom stereocenters. The first-order chi connectivity index (χ1) is 4.72. The summed E-state index contributed by atoms with van der Waals surface area (Å²) in [6.45, 7) is 1.51. The third-order valence-electron chi connectivity index (χ3n) is 1.23. The van der Waals surface area contributed by atoms with Crippen molar-refractivity contribution in [1.82, 2.24) is 9.78 Å². The Labute approximate surface area is 58.7 Å². The van der Waals surface area contributed by atoms with Crippen molar-refractivity contribution in [1.29, 1.82) is 0 Å². The summed E-state index contributed by atoms with van der Waals surface area (Å²) >= 11 is 0. The molecule has 1 rings (SSSR count). The smallest absolute Gasteiger partial charge is 0.172 e. The first kappa shape index (κ1) is 7.24. The van der Waals surface area contributed by atoms with Crippen LogP contribution < -0.4 is 0 Å². The molecule has 2 N–H and O–H groups in total. The minimum atomic E-state index is -0.935. The van der Waals surface area contributed by atoms with Gasteiger partial charge in [0.25, 0.3) is 0 Å². The van der Waals surface area contributed by atoms with E-state index in [0.717, 1.165) is 0 Å². The molecule has 10 heavy (non-hydrogen) atoms. The molecule has 0 bridgehead atoms. The number of rotatable bonds is 2. The molecule has 0 aliphatic heterocycles. The van der Waals surface area contributed by atoms with Gasteiger partial charge in [-0.3, -0.25) is 0 Å². The fraction of sp³-hybridized carbons (Fsp3) is 0.500. The fourth-order valence-electron chi connectivity index (χ4n) is 0.658. The minimum Gasteiger partial charge on any atom is -0.389 e. The van der Waals surface area contributed by atoms with Crippen LogP contribution in [0.1, 0.15) is 13.2 Å². The summed E-state index contributed by atoms with van der Waals surface area (Å²) in [7, 11) is 0. The molecule has 0 saturated heterocycles. The predicted octanol–water partition coefficient (Wildman–Crippen LogP) is -0.245. The van der Waals surface area contributed by atoms with Crippen LogP contribution in [0.2, 0.25) is 0 Å². The highest BCUT2D eigenvalue weighted by atomic mass is 16.3. The molecule has 0 aliphatic carbocycles. The van der Waals surface area contributed by atoms with Gasteiger partial charge in [-0.1, -0.05) is 0 Å². The van der Waals surface area contributed by atoms with Crippen LogP contribution in [0, 0.1) is 0 Å². The molecule has 0 aromatic carbocycles. The van der Waals surface area contributed by atoms with E-state index in [4.69, 9.17) is 10.2 Å². The van der Waals surface area contributed by atoms with E-state index in [2.05, 4.69) is 5.10 Å². The quantitative estimate of drug-likeness (QED) is 0.599. The summed E-state index contributed by atoms with van der Waals surface area (Å²) < 4.78 is 1.30. The van der Waals surface area contributed by atoms with Crippen LogP contribution in [-0.2, 0) is 0 Å². The van der Waals surface area contributed by atoms with E-state index in [9.17, 15) is 0 Å². The van der Waals surface area contributed by atoms with E-state index in [-0.39, 0.29) is 0 Å². The van der Waals surface area contributed by atoms with Gasteiger partial charge in [-0.25, -0.2) is 4.68 Å². The van der Waals surface area contributed by atoms with E-state index in [0.29, 0.717) is 0 Å². The molecule has 1 heterocycles. The third kappa shape index (κ3) is 1.34. The lowest BCUT2D eigenvalue weighted by molar-refractivity contribution is -0.0257. The maximum atomic E-state index is 9.14. The lowest BCUT2D eigenvalue weighted by Gasteiger charge is -2.12. The van der Waals surface area contributed by atoms with Crippen molar-refractivity contribution in [2.45, 2.75) is 19.3 Å². The Morgan fingerprint density at radius 3 is 2.60 bits per heavy atom. The first-order valence-corrected chi connectivity index (χ1v) is 3.07. The second kappa shape index (κ2) is 2.81. The van der Waals surface area contributed by atoms with Gasteiger partial charge in [-0.15, -0.1) is 0 Å². The molecule has 0 aliphatic rings. The van der Waals surface area contributed by atoms with Gasteiger partial charge in [0.15, 0.2) is 6.23 Å². The summed E-state index contributed by atoms with van der Waals surface area (Å²) in [4.78, 5) is 0. The van der Waals surface area contributed by atoms with Gasteiger partial charge in [0.1, 0.15) is 0 Å². The van der Waals surface area contributed by atoms with Crippen LogP contribution in [0.15, 0.2) is 18.5 Å². The Balaban J connectivity index is 2.68. The Bertz CT molecular complexity index is 184. The average molecular weight is 142 g/mol. The minimum absolute atomic E-state index is 0.792. The summed E-state index contributed by atoms with van der Waals surface area (Å²) in [5, 5.41) is 21.8. The summed E-state index contributed by atoms with van der Waals surface area (Å²) in [6, 6.07) is 1.69. The molecule has 4 heteroatoms. The molecule has 0 fully saturated rings. The highest BCUT2D eigenvalue weighted by molar-refractivity contribution is 4.79. The maximum Gasteiger partial charge on any atom is 0.172 e. The molecule has 2 unspecified atom stereocenters. The molecular formula is C6H10N2O2. The SMILES string of the molecule is CC(O)C(O)n1cccn1. The molecule has 0 amide bonds. The summed E-state index contributed by atoms with van der Waals surface area (Å²) in [5.41, 5.74) is 0. The van der Waals surface area contributed by atoms with Crippen LogP contribution in [0.25, 0.3) is 0 Å². The van der Waals surface area contributed by atoms with Gasteiger partial charge >= 0.3 is 0 Å². The number of nitrogens with zero attached hydrogens (tertiary/aromatic N) is 2. The first-order valence-electron chi connectivity index (χ1n) is 3.07. The largest absolute Gasteiger partial charge is 0.389 e. The Hall–Kier alpha value is -0.870. The molecule has 56 valence electrons. The van der Waals surface area contributed by atoms with Crippen molar-refractivity contribution in [2.75, 3.05) is 0 Å². The average Bonchev–Trinajstić information content (AvgIpc) is 2.36. The van der Waals surface area contributed by atoms with Gasteiger partial charge < -0.3 is 10.2 Å². The van der Waals surface area contributed by atoms with Gasteiger partial charge in [-0.2, -0.15) is 5.10 Å². The number of aliphatic hydroxyl groups excluding tert-OH is 2. The molecular weight excluding hydrogens is 132 g/mol. The zero-order valence-electron chi connectivity index (χ0n) is 5.68. The van der Waals surface area contributed by atoms with Crippen molar-refractivity contribution in [2.24, 2.45) is 0 Å². The van der Waals surface area contributed by atoms with E-state index < -0.39 is 12.3 Å². The van der Waals surface area contributed by atoms with Crippen LogP contribution in [0.5, 0.6) is 0 Å². The molecule has 0 spiro atoms. The molecule has 1 aromatic rings. The second-order valence-corrected chi connectivity index (χ2v) is 2.14. The highest BCUT2D eigenvalue weighted by Gasteiger charge is 2.11. The molecule has 0 radical (unpaired) electrons. The normalized spacial score (nSPS) is 16.7. The molecule has 4 nitrogen and oxygen atoms in total. The Morgan fingerprint density at radius 1 is 1.50 bits per heavy atom. The van der Waals surface area contributed by atoms with Gasteiger partial charge in [-0.05, 0) is 13.0 Å². The number of hydrogen-bond acceptors (Lipinski definition) is 3. The van der Waals surface area contributed by atoms with Crippen molar-refractivity contribution in [3.63, 3.8) is 0 Å². The Kier molecular flexibility index (Phi) is 2.03. The van der Waals surface area contributed by atoms with Crippen molar-refractivity contribution >= 4 is 0 Å². The van der Waals surface area contributed by atoms with Crippen molar-refractivity contribution < 1.29 is 10.2 Å². The Morgan fingerprint density at radius 2 is 2.20 bits per heavy atom.